The fraction of sp³-hybridized carbons (Fsp3) is 0.0909. The van der Waals surface area contributed by atoms with Crippen LogP contribution in [-0.2, 0) is 0 Å². The number of aromatic hydroxyl groups is 1. The van der Waals surface area contributed by atoms with Gasteiger partial charge in [0.15, 0.2) is 17.2 Å². The van der Waals surface area contributed by atoms with Gasteiger partial charge in [-0.05, 0) is 18.2 Å². The molecule has 0 spiro atoms. The third-order valence-electron chi connectivity index (χ3n) is 2.30. The van der Waals surface area contributed by atoms with Crippen LogP contribution in [0, 0.1) is 0 Å². The average molecular weight is 219 g/mol. The van der Waals surface area contributed by atoms with Crippen molar-refractivity contribution in [2.45, 2.75) is 0 Å². The maximum atomic E-state index is 10.9. The minimum absolute atomic E-state index is 0.0788. The molecule has 82 valence electrons. The molecule has 0 fully saturated rings. The van der Waals surface area contributed by atoms with Gasteiger partial charge >= 0.3 is 5.97 Å². The van der Waals surface area contributed by atoms with Crippen LogP contribution in [0.2, 0.25) is 0 Å². The monoisotopic (exact) mass is 219 g/mol. The first-order chi connectivity index (χ1) is 7.65. The van der Waals surface area contributed by atoms with Crippen molar-refractivity contribution in [2.75, 3.05) is 7.11 Å². The zero-order valence-electron chi connectivity index (χ0n) is 8.47. The zero-order valence-corrected chi connectivity index (χ0v) is 8.47. The lowest BCUT2D eigenvalue weighted by molar-refractivity contribution is 0.0693. The molecule has 1 aromatic heterocycles. The molecule has 1 heterocycles. The van der Waals surface area contributed by atoms with Crippen molar-refractivity contribution >= 4 is 16.7 Å². The topological polar surface area (TPSA) is 79.7 Å². The predicted octanol–water partition coefficient (Wildman–Crippen LogP) is 1.65. The fourth-order valence-electron chi connectivity index (χ4n) is 1.55. The Bertz CT molecular complexity index is 565. The highest BCUT2D eigenvalue weighted by molar-refractivity contribution is 6.04. The summed E-state index contributed by atoms with van der Waals surface area (Å²) in [5, 5.41) is 19.5. The van der Waals surface area contributed by atoms with Crippen LogP contribution >= 0.6 is 0 Å². The van der Waals surface area contributed by atoms with Crippen LogP contribution in [0.25, 0.3) is 10.8 Å². The number of pyridine rings is 1. The van der Waals surface area contributed by atoms with E-state index in [1.54, 1.807) is 12.1 Å². The Hall–Kier alpha value is -2.30. The van der Waals surface area contributed by atoms with Crippen molar-refractivity contribution in [3.63, 3.8) is 0 Å². The van der Waals surface area contributed by atoms with Gasteiger partial charge in [-0.3, -0.25) is 0 Å². The van der Waals surface area contributed by atoms with E-state index in [1.807, 2.05) is 0 Å². The number of carbonyl (C=O) groups is 1. The molecule has 2 aromatic rings. The van der Waals surface area contributed by atoms with Crippen LogP contribution in [0.1, 0.15) is 10.5 Å². The van der Waals surface area contributed by atoms with E-state index >= 15 is 0 Å². The van der Waals surface area contributed by atoms with Gasteiger partial charge in [0, 0.05) is 17.0 Å². The third kappa shape index (κ3) is 1.42. The number of phenols is 1. The molecule has 0 aliphatic heterocycles. The molecule has 2 rings (SSSR count). The van der Waals surface area contributed by atoms with Crippen LogP contribution in [-0.4, -0.2) is 28.3 Å². The van der Waals surface area contributed by atoms with Gasteiger partial charge < -0.3 is 14.9 Å². The van der Waals surface area contributed by atoms with Crippen molar-refractivity contribution in [1.82, 2.24) is 4.98 Å². The summed E-state index contributed by atoms with van der Waals surface area (Å²) in [6.45, 7) is 0. The highest BCUT2D eigenvalue weighted by atomic mass is 16.5. The number of carboxylic acid groups (broad SMARTS) is 1. The molecule has 5 nitrogen and oxygen atoms in total. The van der Waals surface area contributed by atoms with Gasteiger partial charge in [-0.2, -0.15) is 0 Å². The maximum Gasteiger partial charge on any atom is 0.355 e. The van der Waals surface area contributed by atoms with E-state index < -0.39 is 5.97 Å². The highest BCUT2D eigenvalue weighted by Gasteiger charge is 2.14. The van der Waals surface area contributed by atoms with Gasteiger partial charge in [0.1, 0.15) is 0 Å². The second-order valence-corrected chi connectivity index (χ2v) is 3.18. The summed E-state index contributed by atoms with van der Waals surface area (Å²) in [7, 11) is 1.43. The van der Waals surface area contributed by atoms with E-state index in [0.717, 1.165) is 0 Å². The number of phenolic OH excluding ortho intramolecular Hbond substituents is 1. The average Bonchev–Trinajstić information content (AvgIpc) is 2.29. The molecule has 0 saturated carbocycles. The quantitative estimate of drug-likeness (QED) is 0.802. The highest BCUT2D eigenvalue weighted by Crippen LogP contribution is 2.34. The predicted molar refractivity (Wildman–Crippen MR) is 56.9 cm³/mol. The summed E-state index contributed by atoms with van der Waals surface area (Å²) in [6.07, 6.45) is 1.34. The number of nitrogens with zero attached hydrogens (tertiary/aromatic N) is 1. The molecule has 16 heavy (non-hydrogen) atoms. The van der Waals surface area contributed by atoms with Crippen molar-refractivity contribution < 1.29 is 19.7 Å². The maximum absolute atomic E-state index is 10.9. The molecule has 5 heteroatoms. The number of rotatable bonds is 2. The lowest BCUT2D eigenvalue weighted by Gasteiger charge is -2.07. The lowest BCUT2D eigenvalue weighted by Crippen LogP contribution is -2.00. The summed E-state index contributed by atoms with van der Waals surface area (Å²) < 4.78 is 4.94. The smallest absolute Gasteiger partial charge is 0.355 e. The number of benzene rings is 1. The van der Waals surface area contributed by atoms with Crippen LogP contribution in [0.5, 0.6) is 11.5 Å². The van der Waals surface area contributed by atoms with Gasteiger partial charge in [0.2, 0.25) is 0 Å². The minimum atomic E-state index is -1.13. The van der Waals surface area contributed by atoms with E-state index in [4.69, 9.17) is 9.84 Å². The van der Waals surface area contributed by atoms with Crippen LogP contribution in [0.15, 0.2) is 24.4 Å². The van der Waals surface area contributed by atoms with Crippen LogP contribution in [0.4, 0.5) is 0 Å². The number of hydrogen-bond acceptors (Lipinski definition) is 4. The number of aromatic carboxylic acids is 1. The SMILES string of the molecule is COc1ccc2c(C(=O)O)nccc2c1O. The second kappa shape index (κ2) is 3.69. The molecule has 0 aliphatic carbocycles. The second-order valence-electron chi connectivity index (χ2n) is 3.18. The molecule has 0 radical (unpaired) electrons. The minimum Gasteiger partial charge on any atom is -0.504 e. The Morgan fingerprint density at radius 3 is 2.69 bits per heavy atom. The molecule has 0 saturated heterocycles. The first-order valence-electron chi connectivity index (χ1n) is 4.53. The number of methoxy groups -OCH3 is 1. The third-order valence-corrected chi connectivity index (χ3v) is 2.30. The van der Waals surface area contributed by atoms with Crippen LogP contribution < -0.4 is 4.74 Å². The van der Waals surface area contributed by atoms with E-state index in [1.165, 1.54) is 19.4 Å². The largest absolute Gasteiger partial charge is 0.504 e. The van der Waals surface area contributed by atoms with E-state index in [-0.39, 0.29) is 11.4 Å². The van der Waals surface area contributed by atoms with Crippen molar-refractivity contribution in [1.29, 1.82) is 0 Å². The number of carboxylic acids is 1. The Morgan fingerprint density at radius 2 is 2.06 bits per heavy atom. The number of fused-ring (bicyclic) bond motifs is 1. The standard InChI is InChI=1S/C11H9NO4/c1-16-8-3-2-6-7(10(8)13)4-5-12-9(6)11(14)15/h2-5,13H,1H3,(H,14,15). The van der Waals surface area contributed by atoms with Crippen molar-refractivity contribution in [2.24, 2.45) is 0 Å². The molecule has 0 atom stereocenters. The summed E-state index contributed by atoms with van der Waals surface area (Å²) in [5.74, 6) is -0.907. The van der Waals surface area contributed by atoms with Crippen molar-refractivity contribution in [3.05, 3.63) is 30.1 Å². The molecular weight excluding hydrogens is 210 g/mol. The van der Waals surface area contributed by atoms with E-state index in [9.17, 15) is 9.90 Å². The molecule has 0 unspecified atom stereocenters. The Balaban J connectivity index is 2.82. The van der Waals surface area contributed by atoms with Crippen molar-refractivity contribution in [3.8, 4) is 11.5 Å². The van der Waals surface area contributed by atoms with Gasteiger partial charge in [-0.15, -0.1) is 0 Å². The fourth-order valence-corrected chi connectivity index (χ4v) is 1.55. The molecule has 1 aromatic carbocycles. The Morgan fingerprint density at radius 1 is 1.31 bits per heavy atom. The van der Waals surface area contributed by atoms with E-state index in [0.29, 0.717) is 16.5 Å². The zero-order chi connectivity index (χ0) is 11.7. The molecule has 0 amide bonds. The van der Waals surface area contributed by atoms with E-state index in [2.05, 4.69) is 4.98 Å². The molecule has 0 aliphatic rings. The van der Waals surface area contributed by atoms with Crippen LogP contribution in [0.3, 0.4) is 0 Å². The number of ether oxygens (including phenoxy) is 1. The molecule has 0 bridgehead atoms. The van der Waals surface area contributed by atoms with Gasteiger partial charge in [0.25, 0.3) is 0 Å². The summed E-state index contributed by atoms with van der Waals surface area (Å²) >= 11 is 0. The van der Waals surface area contributed by atoms with Gasteiger partial charge in [-0.1, -0.05) is 0 Å². The summed E-state index contributed by atoms with van der Waals surface area (Å²) in [6, 6.07) is 4.61. The summed E-state index contributed by atoms with van der Waals surface area (Å²) in [4.78, 5) is 14.7. The molecule has 2 N–H and O–H groups in total. The summed E-state index contributed by atoms with van der Waals surface area (Å²) in [5.41, 5.74) is -0.0875. The molecular formula is C11H9NO4. The Kier molecular flexibility index (Phi) is 2.36. The lowest BCUT2D eigenvalue weighted by atomic mass is 10.1. The Labute approximate surface area is 90.9 Å². The normalized spacial score (nSPS) is 10.3. The number of aromatic nitrogens is 1. The van der Waals surface area contributed by atoms with Gasteiger partial charge in [-0.25, -0.2) is 9.78 Å². The van der Waals surface area contributed by atoms with Gasteiger partial charge in [0.05, 0.1) is 7.11 Å². The first kappa shape index (κ1) is 10.2. The first-order valence-corrected chi connectivity index (χ1v) is 4.53. The number of hydrogen-bond donors (Lipinski definition) is 2.